The molecule has 0 amide bonds. The van der Waals surface area contributed by atoms with Crippen LogP contribution < -0.4 is 5.73 Å². The molecule has 1 rings (SSSR count). The van der Waals surface area contributed by atoms with Crippen LogP contribution in [0, 0.1) is 11.8 Å². The number of carbonyl (C=O) groups is 1. The molecule has 4 heteroatoms. The van der Waals surface area contributed by atoms with Crippen LogP contribution in [0.1, 0.15) is 19.8 Å². The third-order valence-corrected chi connectivity index (χ3v) is 3.13. The molecule has 4 nitrogen and oxygen atoms in total. The average Bonchev–Trinajstić information content (AvgIpc) is 2.49. The molecule has 0 aromatic carbocycles. The number of hydrogen-bond donors (Lipinski definition) is 2. The van der Waals surface area contributed by atoms with E-state index in [9.17, 15) is 4.79 Å². The first-order valence-corrected chi connectivity index (χ1v) is 5.16. The highest BCUT2D eigenvalue weighted by Crippen LogP contribution is 2.23. The van der Waals surface area contributed by atoms with Crippen LogP contribution in [-0.2, 0) is 4.79 Å². The van der Waals surface area contributed by atoms with Crippen LogP contribution in [0.3, 0.4) is 0 Å². The Kier molecular flexibility index (Phi) is 3.89. The van der Waals surface area contributed by atoms with E-state index in [4.69, 9.17) is 10.8 Å². The lowest BCUT2D eigenvalue weighted by Crippen LogP contribution is -2.38. The summed E-state index contributed by atoms with van der Waals surface area (Å²) in [5, 5.41) is 8.66. The summed E-state index contributed by atoms with van der Waals surface area (Å²) in [7, 11) is 2.08. The highest BCUT2D eigenvalue weighted by atomic mass is 16.4. The zero-order valence-corrected chi connectivity index (χ0v) is 8.94. The molecule has 0 saturated carbocycles. The molecule has 1 saturated heterocycles. The van der Waals surface area contributed by atoms with Gasteiger partial charge in [0.15, 0.2) is 0 Å². The fourth-order valence-corrected chi connectivity index (χ4v) is 2.16. The molecule has 1 aliphatic rings. The van der Waals surface area contributed by atoms with Crippen molar-refractivity contribution in [3.05, 3.63) is 0 Å². The Morgan fingerprint density at radius 1 is 1.71 bits per heavy atom. The molecule has 82 valence electrons. The molecule has 1 heterocycles. The monoisotopic (exact) mass is 200 g/mol. The van der Waals surface area contributed by atoms with Crippen LogP contribution >= 0.6 is 0 Å². The van der Waals surface area contributed by atoms with Crippen molar-refractivity contribution >= 4 is 5.97 Å². The van der Waals surface area contributed by atoms with Crippen molar-refractivity contribution in [2.45, 2.75) is 25.8 Å². The molecular weight excluding hydrogens is 180 g/mol. The molecule has 0 spiro atoms. The maximum Gasteiger partial charge on any atom is 0.303 e. The molecule has 0 radical (unpaired) electrons. The maximum absolute atomic E-state index is 10.5. The van der Waals surface area contributed by atoms with Crippen molar-refractivity contribution in [1.82, 2.24) is 4.90 Å². The molecule has 0 aromatic rings. The molecule has 1 fully saturated rings. The van der Waals surface area contributed by atoms with Crippen molar-refractivity contribution in [2.75, 3.05) is 20.1 Å². The van der Waals surface area contributed by atoms with Gasteiger partial charge in [-0.25, -0.2) is 0 Å². The number of nitrogens with two attached hydrogens (primary N) is 1. The standard InChI is InChI=1S/C10H20N2O2/c1-7(5-9(13)14)10(11)8-3-4-12(2)6-8/h7-8,10H,3-6,11H2,1-2H3,(H,13,14). The van der Waals surface area contributed by atoms with E-state index >= 15 is 0 Å². The molecule has 3 atom stereocenters. The number of rotatable bonds is 4. The lowest BCUT2D eigenvalue weighted by Gasteiger charge is -2.24. The smallest absolute Gasteiger partial charge is 0.303 e. The van der Waals surface area contributed by atoms with Gasteiger partial charge in [-0.3, -0.25) is 4.79 Å². The first-order valence-electron chi connectivity index (χ1n) is 5.16. The summed E-state index contributed by atoms with van der Waals surface area (Å²) in [6.45, 7) is 4.01. The molecule has 0 aliphatic carbocycles. The number of likely N-dealkylation sites (tertiary alicyclic amines) is 1. The molecule has 3 unspecified atom stereocenters. The van der Waals surface area contributed by atoms with Gasteiger partial charge >= 0.3 is 5.97 Å². The van der Waals surface area contributed by atoms with Gasteiger partial charge in [0.2, 0.25) is 0 Å². The Morgan fingerprint density at radius 3 is 2.79 bits per heavy atom. The van der Waals surface area contributed by atoms with Crippen molar-refractivity contribution < 1.29 is 9.90 Å². The van der Waals surface area contributed by atoms with Crippen molar-refractivity contribution in [3.8, 4) is 0 Å². The van der Waals surface area contributed by atoms with Gasteiger partial charge in [0.25, 0.3) is 0 Å². The molecule has 14 heavy (non-hydrogen) atoms. The van der Waals surface area contributed by atoms with E-state index in [1.54, 1.807) is 0 Å². The van der Waals surface area contributed by atoms with Gasteiger partial charge < -0.3 is 15.7 Å². The normalized spacial score (nSPS) is 27.5. The summed E-state index contributed by atoms with van der Waals surface area (Å²) in [5.41, 5.74) is 6.04. The number of carboxylic acids is 1. The van der Waals surface area contributed by atoms with Gasteiger partial charge in [0.1, 0.15) is 0 Å². The van der Waals surface area contributed by atoms with Gasteiger partial charge in [-0.1, -0.05) is 6.92 Å². The minimum Gasteiger partial charge on any atom is -0.481 e. The second-order valence-electron chi connectivity index (χ2n) is 4.46. The fraction of sp³-hybridized carbons (Fsp3) is 0.900. The van der Waals surface area contributed by atoms with E-state index in [0.717, 1.165) is 19.5 Å². The summed E-state index contributed by atoms with van der Waals surface area (Å²) < 4.78 is 0. The summed E-state index contributed by atoms with van der Waals surface area (Å²) in [4.78, 5) is 12.8. The highest BCUT2D eigenvalue weighted by Gasteiger charge is 2.29. The van der Waals surface area contributed by atoms with E-state index in [1.807, 2.05) is 6.92 Å². The number of hydrogen-bond acceptors (Lipinski definition) is 3. The fourth-order valence-electron chi connectivity index (χ4n) is 2.16. The van der Waals surface area contributed by atoms with Gasteiger partial charge in [0, 0.05) is 19.0 Å². The lowest BCUT2D eigenvalue weighted by atomic mass is 9.87. The lowest BCUT2D eigenvalue weighted by molar-refractivity contribution is -0.138. The topological polar surface area (TPSA) is 66.6 Å². The number of carboxylic acid groups (broad SMARTS) is 1. The second-order valence-corrected chi connectivity index (χ2v) is 4.46. The summed E-state index contributed by atoms with van der Waals surface area (Å²) in [5.74, 6) is -0.211. The first kappa shape index (κ1) is 11.5. The SMILES string of the molecule is CC(CC(=O)O)C(N)C1CCN(C)C1. The quantitative estimate of drug-likeness (QED) is 0.688. The second kappa shape index (κ2) is 4.75. The van der Waals surface area contributed by atoms with E-state index < -0.39 is 5.97 Å². The van der Waals surface area contributed by atoms with Crippen molar-refractivity contribution in [3.63, 3.8) is 0 Å². The first-order chi connectivity index (χ1) is 6.50. The third kappa shape index (κ3) is 2.96. The van der Waals surface area contributed by atoms with E-state index in [-0.39, 0.29) is 18.4 Å². The summed E-state index contributed by atoms with van der Waals surface area (Å²) >= 11 is 0. The zero-order valence-electron chi connectivity index (χ0n) is 8.94. The predicted molar refractivity (Wildman–Crippen MR) is 55.0 cm³/mol. The Morgan fingerprint density at radius 2 is 2.36 bits per heavy atom. The van der Waals surface area contributed by atoms with Crippen molar-refractivity contribution in [2.24, 2.45) is 17.6 Å². The summed E-state index contributed by atoms with van der Waals surface area (Å²) in [6, 6.07) is 0.0241. The van der Waals surface area contributed by atoms with Gasteiger partial charge in [-0.15, -0.1) is 0 Å². The largest absolute Gasteiger partial charge is 0.481 e. The maximum atomic E-state index is 10.5. The zero-order chi connectivity index (χ0) is 10.7. The third-order valence-electron chi connectivity index (χ3n) is 3.13. The van der Waals surface area contributed by atoms with Crippen LogP contribution in [0.5, 0.6) is 0 Å². The minimum absolute atomic E-state index is 0.0241. The Balaban J connectivity index is 2.39. The van der Waals surface area contributed by atoms with Gasteiger partial charge in [0.05, 0.1) is 0 Å². The van der Waals surface area contributed by atoms with Crippen molar-refractivity contribution in [1.29, 1.82) is 0 Å². The Bertz CT molecular complexity index is 208. The van der Waals surface area contributed by atoms with E-state index in [1.165, 1.54) is 0 Å². The Hall–Kier alpha value is -0.610. The predicted octanol–water partition coefficient (Wildman–Crippen LogP) is 0.376. The van der Waals surface area contributed by atoms with E-state index in [2.05, 4.69) is 11.9 Å². The molecule has 0 bridgehead atoms. The van der Waals surface area contributed by atoms with Crippen LogP contribution in [0.15, 0.2) is 0 Å². The Labute approximate surface area is 85.1 Å². The van der Waals surface area contributed by atoms with E-state index in [0.29, 0.717) is 5.92 Å². The van der Waals surface area contributed by atoms with Gasteiger partial charge in [-0.2, -0.15) is 0 Å². The van der Waals surface area contributed by atoms with Crippen LogP contribution in [0.2, 0.25) is 0 Å². The van der Waals surface area contributed by atoms with Crippen LogP contribution in [-0.4, -0.2) is 42.2 Å². The van der Waals surface area contributed by atoms with Gasteiger partial charge in [-0.05, 0) is 31.8 Å². The average molecular weight is 200 g/mol. The van der Waals surface area contributed by atoms with Crippen LogP contribution in [0.25, 0.3) is 0 Å². The highest BCUT2D eigenvalue weighted by molar-refractivity contribution is 5.67. The molecule has 3 N–H and O–H groups in total. The molecular formula is C10H20N2O2. The number of aliphatic carboxylic acids is 1. The molecule has 0 aromatic heterocycles. The summed E-state index contributed by atoms with van der Waals surface area (Å²) in [6.07, 6.45) is 1.28. The number of nitrogens with zero attached hydrogens (tertiary/aromatic N) is 1. The van der Waals surface area contributed by atoms with Crippen LogP contribution in [0.4, 0.5) is 0 Å². The molecule has 1 aliphatic heterocycles. The minimum atomic E-state index is -0.751.